The van der Waals surface area contributed by atoms with Crippen molar-refractivity contribution in [1.82, 2.24) is 19.8 Å². The number of sulfonamides is 1. The summed E-state index contributed by atoms with van der Waals surface area (Å²) in [6.07, 6.45) is 2.66. The summed E-state index contributed by atoms with van der Waals surface area (Å²) in [7, 11) is -3.59. The van der Waals surface area contributed by atoms with Crippen LogP contribution in [0.15, 0.2) is 55.1 Å². The molecule has 1 aliphatic rings. The van der Waals surface area contributed by atoms with Crippen LogP contribution in [0.25, 0.3) is 10.8 Å². The lowest BCUT2D eigenvalue weighted by molar-refractivity contribution is -0.134. The molecule has 0 aromatic heterocycles. The SMILES string of the molecule is C=CC(=O)NCCCC[C@H](NS(=O)(=O)CC)C(=O)N1CCN(C(=O)c2cccc3ccccc23)CC1. The first-order valence-electron chi connectivity index (χ1n) is 12.2. The topological polar surface area (TPSA) is 116 Å². The highest BCUT2D eigenvalue weighted by atomic mass is 32.2. The van der Waals surface area contributed by atoms with Crippen molar-refractivity contribution in [2.75, 3.05) is 38.5 Å². The number of carbonyl (C=O) groups is 3. The van der Waals surface area contributed by atoms with Gasteiger partial charge in [-0.3, -0.25) is 14.4 Å². The van der Waals surface area contributed by atoms with E-state index in [0.29, 0.717) is 57.5 Å². The van der Waals surface area contributed by atoms with Crippen LogP contribution in [0.2, 0.25) is 0 Å². The van der Waals surface area contributed by atoms with Crippen molar-refractivity contribution >= 4 is 38.5 Å². The second-order valence-corrected chi connectivity index (χ2v) is 10.8. The highest BCUT2D eigenvalue weighted by Crippen LogP contribution is 2.21. The lowest BCUT2D eigenvalue weighted by Crippen LogP contribution is -2.56. The Morgan fingerprint density at radius 2 is 1.67 bits per heavy atom. The number of hydrogen-bond donors (Lipinski definition) is 2. The molecule has 0 aliphatic carbocycles. The third-order valence-electron chi connectivity index (χ3n) is 6.30. The molecule has 194 valence electrons. The smallest absolute Gasteiger partial charge is 0.254 e. The van der Waals surface area contributed by atoms with Gasteiger partial charge in [0.2, 0.25) is 21.8 Å². The molecule has 0 radical (unpaired) electrons. The molecule has 0 spiro atoms. The molecule has 0 saturated carbocycles. The molecule has 2 aromatic rings. The standard InChI is InChI=1S/C26H34N4O5S/c1-3-24(31)27-15-8-7-14-23(28-36(34,35)4-2)26(33)30-18-16-29(17-19-30)25(32)22-13-9-11-20-10-5-6-12-21(20)22/h3,5-6,9-13,23,28H,1,4,7-8,14-19H2,2H3,(H,27,31)/t23-/m0/s1. The second-order valence-electron chi connectivity index (χ2n) is 8.71. The number of unbranched alkanes of at least 4 members (excludes halogenated alkanes) is 1. The van der Waals surface area contributed by atoms with Gasteiger partial charge in [-0.1, -0.05) is 43.0 Å². The van der Waals surface area contributed by atoms with E-state index in [-0.39, 0.29) is 23.5 Å². The van der Waals surface area contributed by atoms with Crippen molar-refractivity contribution < 1.29 is 22.8 Å². The highest BCUT2D eigenvalue weighted by Gasteiger charge is 2.31. The zero-order valence-corrected chi connectivity index (χ0v) is 21.4. The first-order chi connectivity index (χ1) is 17.3. The lowest BCUT2D eigenvalue weighted by atomic mass is 10.0. The summed E-state index contributed by atoms with van der Waals surface area (Å²) >= 11 is 0. The van der Waals surface area contributed by atoms with Gasteiger partial charge in [0.25, 0.3) is 5.91 Å². The molecular formula is C26H34N4O5S. The zero-order chi connectivity index (χ0) is 26.1. The highest BCUT2D eigenvalue weighted by molar-refractivity contribution is 7.89. The molecule has 9 nitrogen and oxygen atoms in total. The Hall–Kier alpha value is -3.24. The van der Waals surface area contributed by atoms with E-state index in [9.17, 15) is 22.8 Å². The van der Waals surface area contributed by atoms with Gasteiger partial charge in [-0.25, -0.2) is 13.1 Å². The minimum absolute atomic E-state index is 0.0799. The predicted molar refractivity (Wildman–Crippen MR) is 140 cm³/mol. The van der Waals surface area contributed by atoms with Crippen LogP contribution in [0.5, 0.6) is 0 Å². The molecule has 1 aliphatic heterocycles. The number of carbonyl (C=O) groups excluding carboxylic acids is 3. The number of rotatable bonds is 11. The molecule has 3 rings (SSSR count). The van der Waals surface area contributed by atoms with Gasteiger partial charge < -0.3 is 15.1 Å². The number of fused-ring (bicyclic) bond motifs is 1. The number of hydrogen-bond acceptors (Lipinski definition) is 5. The van der Waals surface area contributed by atoms with Crippen molar-refractivity contribution in [3.8, 4) is 0 Å². The molecule has 1 saturated heterocycles. The van der Waals surface area contributed by atoms with Gasteiger partial charge in [0.05, 0.1) is 5.75 Å². The van der Waals surface area contributed by atoms with Crippen molar-refractivity contribution in [2.24, 2.45) is 0 Å². The Labute approximate surface area is 212 Å². The molecule has 1 fully saturated rings. The van der Waals surface area contributed by atoms with E-state index >= 15 is 0 Å². The summed E-state index contributed by atoms with van der Waals surface area (Å²) in [6, 6.07) is 12.5. The fourth-order valence-electron chi connectivity index (χ4n) is 4.22. The van der Waals surface area contributed by atoms with Gasteiger partial charge in [0.15, 0.2) is 0 Å². The minimum Gasteiger partial charge on any atom is -0.353 e. The normalized spacial score (nSPS) is 14.9. The molecule has 2 N–H and O–H groups in total. The van der Waals surface area contributed by atoms with Gasteiger partial charge in [-0.15, -0.1) is 0 Å². The summed E-state index contributed by atoms with van der Waals surface area (Å²) in [5.41, 5.74) is 0.630. The second kappa shape index (κ2) is 12.6. The average Bonchev–Trinajstić information content (AvgIpc) is 2.91. The number of piperazine rings is 1. The first-order valence-corrected chi connectivity index (χ1v) is 13.9. The van der Waals surface area contributed by atoms with Gasteiger partial charge in [-0.2, -0.15) is 0 Å². The molecule has 2 aromatic carbocycles. The van der Waals surface area contributed by atoms with E-state index in [1.807, 2.05) is 42.5 Å². The minimum atomic E-state index is -3.59. The Kier molecular flexibility index (Phi) is 9.60. The van der Waals surface area contributed by atoms with Crippen molar-refractivity contribution in [3.05, 3.63) is 60.7 Å². The molecule has 3 amide bonds. The number of benzene rings is 2. The maximum absolute atomic E-state index is 13.2. The predicted octanol–water partition coefficient (Wildman–Crippen LogP) is 1.90. The van der Waals surface area contributed by atoms with E-state index < -0.39 is 16.1 Å². The van der Waals surface area contributed by atoms with Crippen molar-refractivity contribution in [2.45, 2.75) is 32.2 Å². The van der Waals surface area contributed by atoms with Gasteiger partial charge >= 0.3 is 0 Å². The monoisotopic (exact) mass is 514 g/mol. The van der Waals surface area contributed by atoms with Crippen LogP contribution in [0, 0.1) is 0 Å². The van der Waals surface area contributed by atoms with Crippen molar-refractivity contribution in [3.63, 3.8) is 0 Å². The van der Waals surface area contributed by atoms with Crippen LogP contribution in [0.1, 0.15) is 36.5 Å². The van der Waals surface area contributed by atoms with Gasteiger partial charge in [0.1, 0.15) is 6.04 Å². The molecule has 36 heavy (non-hydrogen) atoms. The molecule has 1 atom stereocenters. The third kappa shape index (κ3) is 7.14. The summed E-state index contributed by atoms with van der Waals surface area (Å²) in [6.45, 7) is 6.73. The maximum atomic E-state index is 13.2. The zero-order valence-electron chi connectivity index (χ0n) is 20.6. The number of nitrogens with zero attached hydrogens (tertiary/aromatic N) is 2. The Morgan fingerprint density at radius 1 is 1.00 bits per heavy atom. The first kappa shape index (κ1) is 27.3. The summed E-state index contributed by atoms with van der Waals surface area (Å²) in [4.78, 5) is 41.1. The quantitative estimate of drug-likeness (QED) is 0.351. The summed E-state index contributed by atoms with van der Waals surface area (Å²) in [5.74, 6) is -0.771. The van der Waals surface area contributed by atoms with Gasteiger partial charge in [0, 0.05) is 38.3 Å². The fourth-order valence-corrected chi connectivity index (χ4v) is 5.04. The van der Waals surface area contributed by atoms with E-state index in [4.69, 9.17) is 0 Å². The Bertz CT molecular complexity index is 1200. The van der Waals surface area contributed by atoms with E-state index in [0.717, 1.165) is 10.8 Å². The number of nitrogens with one attached hydrogen (secondary N) is 2. The molecule has 1 heterocycles. The van der Waals surface area contributed by atoms with E-state index in [2.05, 4.69) is 16.6 Å². The van der Waals surface area contributed by atoms with Crippen LogP contribution in [0.4, 0.5) is 0 Å². The molecule has 0 unspecified atom stereocenters. The third-order valence-corrected chi connectivity index (χ3v) is 7.71. The van der Waals surface area contributed by atoms with Crippen LogP contribution >= 0.6 is 0 Å². The van der Waals surface area contributed by atoms with Crippen LogP contribution in [0.3, 0.4) is 0 Å². The van der Waals surface area contributed by atoms with E-state index in [1.54, 1.807) is 9.80 Å². The summed E-state index contributed by atoms with van der Waals surface area (Å²) in [5, 5.41) is 4.55. The molecule has 0 bridgehead atoms. The van der Waals surface area contributed by atoms with Crippen LogP contribution < -0.4 is 10.0 Å². The van der Waals surface area contributed by atoms with Crippen LogP contribution in [-0.4, -0.2) is 80.5 Å². The fraction of sp³-hybridized carbons (Fsp3) is 0.423. The molecular weight excluding hydrogens is 480 g/mol. The maximum Gasteiger partial charge on any atom is 0.254 e. The van der Waals surface area contributed by atoms with Crippen LogP contribution in [-0.2, 0) is 19.6 Å². The Balaban J connectivity index is 1.60. The largest absolute Gasteiger partial charge is 0.353 e. The number of amides is 3. The van der Waals surface area contributed by atoms with E-state index in [1.165, 1.54) is 13.0 Å². The summed E-state index contributed by atoms with van der Waals surface area (Å²) < 4.78 is 27.0. The molecule has 10 heteroatoms. The lowest BCUT2D eigenvalue weighted by Gasteiger charge is -2.36. The average molecular weight is 515 g/mol. The Morgan fingerprint density at radius 3 is 2.36 bits per heavy atom. The van der Waals surface area contributed by atoms with Gasteiger partial charge in [-0.05, 0) is 49.1 Å². The van der Waals surface area contributed by atoms with Crippen molar-refractivity contribution in [1.29, 1.82) is 0 Å².